The molecule has 2 nitrogen and oxygen atoms in total. The molecule has 3 heterocycles. The third-order valence-corrected chi connectivity index (χ3v) is 12.9. The first kappa shape index (κ1) is 32.1. The van der Waals surface area contributed by atoms with E-state index in [-0.39, 0.29) is 0 Å². The number of rotatable bonds is 6. The minimum absolute atomic E-state index is 1.11. The van der Waals surface area contributed by atoms with Crippen LogP contribution in [0.5, 0.6) is 0 Å². The van der Waals surface area contributed by atoms with Gasteiger partial charge in [0.15, 0.2) is 0 Å². The van der Waals surface area contributed by atoms with Gasteiger partial charge < -0.3 is 9.30 Å². The Morgan fingerprint density at radius 3 is 1.42 bits per heavy atom. The number of nitrogens with zero attached hydrogens (tertiary/aromatic N) is 2. The van der Waals surface area contributed by atoms with Crippen molar-refractivity contribution in [2.75, 3.05) is 4.90 Å². The summed E-state index contributed by atoms with van der Waals surface area (Å²) in [6, 6.07) is 75.6. The van der Waals surface area contributed by atoms with Crippen molar-refractivity contribution in [3.05, 3.63) is 206 Å². The van der Waals surface area contributed by atoms with Crippen LogP contribution in [0.3, 0.4) is 0 Å². The molecule has 9 aromatic carbocycles. The zero-order valence-corrected chi connectivity index (χ0v) is 31.7. The van der Waals surface area contributed by atoms with Crippen LogP contribution in [0.2, 0.25) is 0 Å². The maximum atomic E-state index is 2.46. The van der Waals surface area contributed by atoms with Crippen LogP contribution < -0.4 is 4.90 Å². The lowest BCUT2D eigenvalue weighted by molar-refractivity contribution is 1.28. The number of hydrogen-bond acceptors (Lipinski definition) is 2. The third-order valence-electron chi connectivity index (χ3n) is 11.8. The van der Waals surface area contributed by atoms with Gasteiger partial charge in [0.25, 0.3) is 0 Å². The molecule has 0 bridgehead atoms. The van der Waals surface area contributed by atoms with E-state index in [0.717, 1.165) is 17.1 Å². The van der Waals surface area contributed by atoms with Gasteiger partial charge in [0.2, 0.25) is 0 Å². The highest BCUT2D eigenvalue weighted by Crippen LogP contribution is 2.42. The third kappa shape index (κ3) is 5.10. The molecule has 0 unspecified atom stereocenters. The molecule has 0 fully saturated rings. The molecule has 3 aromatic heterocycles. The van der Waals surface area contributed by atoms with E-state index in [0.29, 0.717) is 0 Å². The number of aromatic nitrogens is 1. The van der Waals surface area contributed by atoms with E-state index in [1.807, 2.05) is 11.3 Å². The first-order valence-electron chi connectivity index (χ1n) is 19.5. The highest BCUT2D eigenvalue weighted by atomic mass is 32.1. The molecule has 0 amide bonds. The summed E-state index contributed by atoms with van der Waals surface area (Å²) in [6.07, 6.45) is 0. The molecule has 57 heavy (non-hydrogen) atoms. The van der Waals surface area contributed by atoms with E-state index < -0.39 is 0 Å². The second-order valence-electron chi connectivity index (χ2n) is 14.9. The standard InChI is InChI=1S/C54H34N2S/c1-2-9-35(10-3-1)36-17-25-41(26-18-36)55(43-29-21-38(22-30-43)40-24-32-47-46-12-5-7-16-52(46)57-53(47)34-40)42-27-19-37(20-28-42)39-23-31-45-49-14-8-13-48-44-11-4-6-15-50(44)56(54(48)49)51(45)33-39/h1-34H. The fourth-order valence-electron chi connectivity index (χ4n) is 9.00. The first-order valence-corrected chi connectivity index (χ1v) is 20.3. The van der Waals surface area contributed by atoms with Gasteiger partial charge in [-0.1, -0.05) is 146 Å². The van der Waals surface area contributed by atoms with E-state index in [1.165, 1.54) is 91.6 Å². The smallest absolute Gasteiger partial charge is 0.0620 e. The molecule has 0 spiro atoms. The van der Waals surface area contributed by atoms with Gasteiger partial charge in [0, 0.05) is 58.8 Å². The van der Waals surface area contributed by atoms with Crippen molar-refractivity contribution in [3.63, 3.8) is 0 Å². The average Bonchev–Trinajstić information content (AvgIpc) is 3.94. The zero-order valence-electron chi connectivity index (χ0n) is 30.9. The molecule has 3 heteroatoms. The number of benzene rings is 9. The van der Waals surface area contributed by atoms with Crippen LogP contribution in [-0.2, 0) is 0 Å². The minimum atomic E-state index is 1.11. The van der Waals surface area contributed by atoms with E-state index in [1.54, 1.807) is 0 Å². The lowest BCUT2D eigenvalue weighted by Gasteiger charge is -2.26. The molecule has 266 valence electrons. The number of hydrogen-bond donors (Lipinski definition) is 0. The normalized spacial score (nSPS) is 11.9. The lowest BCUT2D eigenvalue weighted by atomic mass is 10.0. The molecular formula is C54H34N2S. The number of fused-ring (bicyclic) bond motifs is 9. The lowest BCUT2D eigenvalue weighted by Crippen LogP contribution is -2.09. The van der Waals surface area contributed by atoms with Crippen LogP contribution in [0.25, 0.3) is 91.6 Å². The zero-order chi connectivity index (χ0) is 37.5. The predicted molar refractivity (Wildman–Crippen MR) is 245 cm³/mol. The van der Waals surface area contributed by atoms with E-state index in [9.17, 15) is 0 Å². The largest absolute Gasteiger partial charge is 0.311 e. The van der Waals surface area contributed by atoms with Crippen molar-refractivity contribution < 1.29 is 0 Å². The van der Waals surface area contributed by atoms with Gasteiger partial charge in [-0.05, 0) is 94.0 Å². The number of para-hydroxylation sites is 2. The molecule has 0 aliphatic rings. The van der Waals surface area contributed by atoms with Crippen LogP contribution in [0.15, 0.2) is 206 Å². The van der Waals surface area contributed by atoms with E-state index >= 15 is 0 Å². The van der Waals surface area contributed by atoms with E-state index in [4.69, 9.17) is 0 Å². The Kier molecular flexibility index (Phi) is 7.13. The highest BCUT2D eigenvalue weighted by Gasteiger charge is 2.18. The fraction of sp³-hybridized carbons (Fsp3) is 0. The molecule has 0 radical (unpaired) electrons. The van der Waals surface area contributed by atoms with Crippen LogP contribution in [-0.4, -0.2) is 4.40 Å². The topological polar surface area (TPSA) is 7.65 Å². The number of anilines is 3. The first-order chi connectivity index (χ1) is 28.2. The SMILES string of the molecule is c1ccc(-c2ccc(N(c3ccc(-c4ccc5c(c4)sc4ccccc45)cc3)c3ccc(-c4ccc5c6cccc7c8ccccc8n(c5c4)c76)cc3)cc2)cc1. The summed E-state index contributed by atoms with van der Waals surface area (Å²) in [5.41, 5.74) is 14.4. The van der Waals surface area contributed by atoms with Crippen molar-refractivity contribution in [1.82, 2.24) is 4.40 Å². The molecule has 12 aromatic rings. The Labute approximate surface area is 334 Å². The van der Waals surface area contributed by atoms with Crippen molar-refractivity contribution >= 4 is 86.7 Å². The highest BCUT2D eigenvalue weighted by molar-refractivity contribution is 7.25. The summed E-state index contributed by atoms with van der Waals surface area (Å²) in [6.45, 7) is 0. The molecule has 0 saturated carbocycles. The summed E-state index contributed by atoms with van der Waals surface area (Å²) in [5, 5.41) is 7.87. The Hall–Kier alpha value is -7.20. The van der Waals surface area contributed by atoms with Crippen molar-refractivity contribution in [2.24, 2.45) is 0 Å². The van der Waals surface area contributed by atoms with Crippen LogP contribution >= 0.6 is 11.3 Å². The van der Waals surface area contributed by atoms with Gasteiger partial charge in [-0.2, -0.15) is 0 Å². The minimum Gasteiger partial charge on any atom is -0.311 e. The van der Waals surface area contributed by atoms with Crippen molar-refractivity contribution in [2.45, 2.75) is 0 Å². The molecule has 0 atom stereocenters. The fourth-order valence-corrected chi connectivity index (χ4v) is 10.1. The van der Waals surface area contributed by atoms with Crippen LogP contribution in [0, 0.1) is 0 Å². The van der Waals surface area contributed by atoms with Crippen LogP contribution in [0.4, 0.5) is 17.1 Å². The van der Waals surface area contributed by atoms with Gasteiger partial charge in [-0.15, -0.1) is 11.3 Å². The van der Waals surface area contributed by atoms with Crippen molar-refractivity contribution in [3.8, 4) is 33.4 Å². The van der Waals surface area contributed by atoms with Gasteiger partial charge >= 0.3 is 0 Å². The Morgan fingerprint density at radius 1 is 0.298 bits per heavy atom. The predicted octanol–water partition coefficient (Wildman–Crippen LogP) is 15.7. The van der Waals surface area contributed by atoms with E-state index in [2.05, 4.69) is 216 Å². The summed E-state index contributed by atoms with van der Waals surface area (Å²) in [5.74, 6) is 0. The molecule has 0 aliphatic carbocycles. The maximum Gasteiger partial charge on any atom is 0.0620 e. The average molecular weight is 743 g/mol. The molecule has 12 rings (SSSR count). The monoisotopic (exact) mass is 742 g/mol. The number of thiophene rings is 1. The quantitative estimate of drug-likeness (QED) is 0.165. The Balaban J connectivity index is 0.933. The second-order valence-corrected chi connectivity index (χ2v) is 16.0. The molecule has 0 aliphatic heterocycles. The van der Waals surface area contributed by atoms with Gasteiger partial charge in [-0.3, -0.25) is 0 Å². The summed E-state index contributed by atoms with van der Waals surface area (Å²) < 4.78 is 5.11. The molecule has 0 N–H and O–H groups in total. The van der Waals surface area contributed by atoms with Crippen molar-refractivity contribution in [1.29, 1.82) is 0 Å². The maximum absolute atomic E-state index is 2.46. The molecule has 0 saturated heterocycles. The van der Waals surface area contributed by atoms with Gasteiger partial charge in [0.05, 0.1) is 16.6 Å². The summed E-state index contributed by atoms with van der Waals surface area (Å²) in [4.78, 5) is 2.36. The van der Waals surface area contributed by atoms with Gasteiger partial charge in [-0.25, -0.2) is 0 Å². The summed E-state index contributed by atoms with van der Waals surface area (Å²) >= 11 is 1.87. The van der Waals surface area contributed by atoms with Gasteiger partial charge in [0.1, 0.15) is 0 Å². The second kappa shape index (κ2) is 12.7. The summed E-state index contributed by atoms with van der Waals surface area (Å²) in [7, 11) is 0. The Morgan fingerprint density at radius 2 is 0.754 bits per heavy atom. The molecular weight excluding hydrogens is 709 g/mol. The Bertz CT molecular complexity index is 3430. The van der Waals surface area contributed by atoms with Crippen LogP contribution in [0.1, 0.15) is 0 Å².